The zero-order valence-corrected chi connectivity index (χ0v) is 6.62. The minimum absolute atomic E-state index is 0.380. The van der Waals surface area contributed by atoms with E-state index in [1.165, 1.54) is 0 Å². The van der Waals surface area contributed by atoms with Gasteiger partial charge in [0.1, 0.15) is 0 Å². The smallest absolute Gasteiger partial charge is 0.0498 e. The second-order valence-electron chi connectivity index (χ2n) is 2.40. The molecule has 1 aliphatic carbocycles. The zero-order chi connectivity index (χ0) is 8.10. The van der Waals surface area contributed by atoms with Gasteiger partial charge in [-0.2, -0.15) is 0 Å². The van der Waals surface area contributed by atoms with Gasteiger partial charge in [-0.25, -0.2) is 0 Å². The van der Waals surface area contributed by atoms with E-state index in [0.717, 1.165) is 12.0 Å². The molecule has 0 fully saturated rings. The first-order chi connectivity index (χ1) is 5.34. The molecular formula is C10H11N. The molecule has 0 aromatic carbocycles. The summed E-state index contributed by atoms with van der Waals surface area (Å²) >= 11 is 0. The first-order valence-electron chi connectivity index (χ1n) is 3.72. The van der Waals surface area contributed by atoms with E-state index in [0.29, 0.717) is 5.71 Å². The van der Waals surface area contributed by atoms with Crippen molar-refractivity contribution in [3.63, 3.8) is 0 Å². The van der Waals surface area contributed by atoms with E-state index in [1.54, 1.807) is 6.08 Å². The Bertz CT molecular complexity index is 231. The van der Waals surface area contributed by atoms with Crippen molar-refractivity contribution in [3.8, 4) is 0 Å². The Morgan fingerprint density at radius 3 is 3.09 bits per heavy atom. The molecule has 0 bridgehead atoms. The second-order valence-corrected chi connectivity index (χ2v) is 2.40. The highest BCUT2D eigenvalue weighted by Crippen LogP contribution is 2.11. The molecule has 0 aromatic rings. The van der Waals surface area contributed by atoms with Crippen LogP contribution in [-0.2, 0) is 0 Å². The van der Waals surface area contributed by atoms with E-state index in [1.807, 2.05) is 37.6 Å². The lowest BCUT2D eigenvalue weighted by Gasteiger charge is -2.05. The van der Waals surface area contributed by atoms with Gasteiger partial charge < -0.3 is 5.41 Å². The fourth-order valence-corrected chi connectivity index (χ4v) is 0.928. The second kappa shape index (κ2) is 3.81. The highest BCUT2D eigenvalue weighted by molar-refractivity contribution is 6.11. The van der Waals surface area contributed by atoms with Crippen molar-refractivity contribution in [2.75, 3.05) is 0 Å². The third-order valence-corrected chi connectivity index (χ3v) is 1.57. The van der Waals surface area contributed by atoms with Crippen LogP contribution in [0.15, 0.2) is 36.0 Å². The van der Waals surface area contributed by atoms with E-state index < -0.39 is 0 Å². The molecule has 0 spiro atoms. The third kappa shape index (κ3) is 2.11. The standard InChI is InChI=1S/C10H11N/c1-2-3-6-9-7-4-5-8-10(9)11/h2-5,7-8H,6H2,1H3/b3-2+. The van der Waals surface area contributed by atoms with Gasteiger partial charge in [0.2, 0.25) is 0 Å². The van der Waals surface area contributed by atoms with Gasteiger partial charge in [-0.05, 0) is 12.6 Å². The summed E-state index contributed by atoms with van der Waals surface area (Å²) in [4.78, 5) is 0. The SMILES string of the molecule is C/C=C/CC1=C[CH+]C=CC1=[N-]. The van der Waals surface area contributed by atoms with Crippen LogP contribution in [0, 0.1) is 6.42 Å². The molecule has 0 atom stereocenters. The Morgan fingerprint density at radius 1 is 1.64 bits per heavy atom. The average molecular weight is 145 g/mol. The summed E-state index contributed by atoms with van der Waals surface area (Å²) in [7, 11) is 0. The van der Waals surface area contributed by atoms with E-state index in [4.69, 9.17) is 0 Å². The molecule has 56 valence electrons. The molecule has 0 saturated heterocycles. The molecule has 0 heterocycles. The molecule has 11 heavy (non-hydrogen) atoms. The van der Waals surface area contributed by atoms with Crippen molar-refractivity contribution in [1.82, 2.24) is 0 Å². The van der Waals surface area contributed by atoms with Gasteiger partial charge in [0.25, 0.3) is 0 Å². The quantitative estimate of drug-likeness (QED) is 0.421. The Morgan fingerprint density at radius 2 is 2.45 bits per heavy atom. The fraction of sp³-hybridized carbons (Fsp3) is 0.200. The third-order valence-electron chi connectivity index (χ3n) is 1.57. The fourth-order valence-electron chi connectivity index (χ4n) is 0.928. The molecular weight excluding hydrogens is 134 g/mol. The van der Waals surface area contributed by atoms with E-state index in [9.17, 15) is 5.41 Å². The summed E-state index contributed by atoms with van der Waals surface area (Å²) in [5, 5.41) is 9.30. The van der Waals surface area contributed by atoms with Crippen LogP contribution in [0.4, 0.5) is 0 Å². The van der Waals surface area contributed by atoms with Gasteiger partial charge in [0.15, 0.2) is 0 Å². The number of nitrogens with zero attached hydrogens (tertiary/aromatic N) is 1. The maximum Gasteiger partial charge on any atom is 0.0498 e. The number of hydrogen-bond donors (Lipinski definition) is 0. The molecule has 1 heteroatoms. The van der Waals surface area contributed by atoms with Crippen LogP contribution in [0.5, 0.6) is 0 Å². The summed E-state index contributed by atoms with van der Waals surface area (Å²) in [6, 6.07) is 0. The maximum absolute atomic E-state index is 9.30. The highest BCUT2D eigenvalue weighted by atomic mass is 14.4. The summed E-state index contributed by atoms with van der Waals surface area (Å²) < 4.78 is 0. The molecule has 1 nitrogen and oxygen atoms in total. The van der Waals surface area contributed by atoms with Crippen LogP contribution in [0.3, 0.4) is 0 Å². The minimum Gasteiger partial charge on any atom is -0.779 e. The van der Waals surface area contributed by atoms with E-state index >= 15 is 0 Å². The lowest BCUT2D eigenvalue weighted by molar-refractivity contribution is 1.30. The van der Waals surface area contributed by atoms with Crippen LogP contribution in [0.2, 0.25) is 0 Å². The zero-order valence-electron chi connectivity index (χ0n) is 6.62. The molecule has 0 aliphatic heterocycles. The summed E-state index contributed by atoms with van der Waals surface area (Å²) in [6.45, 7) is 1.97. The lowest BCUT2D eigenvalue weighted by atomic mass is 10.0. The van der Waals surface area contributed by atoms with Gasteiger partial charge >= 0.3 is 0 Å². The van der Waals surface area contributed by atoms with Gasteiger partial charge in [-0.15, -0.1) is 0 Å². The van der Waals surface area contributed by atoms with E-state index in [2.05, 4.69) is 0 Å². The molecule has 0 aromatic heterocycles. The first-order valence-corrected chi connectivity index (χ1v) is 3.72. The van der Waals surface area contributed by atoms with Crippen molar-refractivity contribution in [1.29, 1.82) is 0 Å². The molecule has 0 amide bonds. The maximum atomic E-state index is 9.30. The van der Waals surface area contributed by atoms with Crippen molar-refractivity contribution in [2.45, 2.75) is 13.3 Å². The Balaban J connectivity index is 2.57. The number of rotatable bonds is 2. The van der Waals surface area contributed by atoms with Gasteiger partial charge in [0, 0.05) is 36.6 Å². The predicted molar refractivity (Wildman–Crippen MR) is 49.3 cm³/mol. The first kappa shape index (κ1) is 7.86. The average Bonchev–Trinajstić information content (AvgIpc) is 2.03. The Kier molecular flexibility index (Phi) is 2.73. The molecule has 0 unspecified atom stereocenters. The predicted octanol–water partition coefficient (Wildman–Crippen LogP) is 2.66. The van der Waals surface area contributed by atoms with Crippen molar-refractivity contribution >= 4 is 5.71 Å². The van der Waals surface area contributed by atoms with Crippen LogP contribution < -0.4 is 0 Å². The lowest BCUT2D eigenvalue weighted by Crippen LogP contribution is -1.99. The largest absolute Gasteiger partial charge is 0.779 e. The molecule has 0 N–H and O–H groups in total. The van der Waals surface area contributed by atoms with Crippen molar-refractivity contribution < 1.29 is 0 Å². The normalized spacial score (nSPS) is 16.8. The number of hydrogen-bond acceptors (Lipinski definition) is 0. The minimum atomic E-state index is 0.380. The molecule has 1 aliphatic rings. The summed E-state index contributed by atoms with van der Waals surface area (Å²) in [6.07, 6.45) is 12.2. The highest BCUT2D eigenvalue weighted by Gasteiger charge is 2.04. The van der Waals surface area contributed by atoms with Gasteiger partial charge in [-0.1, -0.05) is 12.2 Å². The van der Waals surface area contributed by atoms with Gasteiger partial charge in [0.05, 0.1) is 0 Å². The summed E-state index contributed by atoms with van der Waals surface area (Å²) in [5.41, 5.74) is 1.36. The Labute approximate surface area is 67.6 Å². The van der Waals surface area contributed by atoms with Crippen LogP contribution in [0.25, 0.3) is 5.41 Å². The Hall–Kier alpha value is -1.24. The summed E-state index contributed by atoms with van der Waals surface area (Å²) in [5.74, 6) is 0. The molecule has 1 rings (SSSR count). The van der Waals surface area contributed by atoms with Gasteiger partial charge in [-0.3, -0.25) is 0 Å². The van der Waals surface area contributed by atoms with Crippen LogP contribution >= 0.6 is 0 Å². The molecule has 0 saturated carbocycles. The van der Waals surface area contributed by atoms with Crippen molar-refractivity contribution in [3.05, 3.63) is 47.8 Å². The van der Waals surface area contributed by atoms with E-state index in [-0.39, 0.29) is 0 Å². The van der Waals surface area contributed by atoms with Crippen LogP contribution in [-0.4, -0.2) is 5.71 Å². The monoisotopic (exact) mass is 145 g/mol. The molecule has 0 radical (unpaired) electrons. The number of allylic oxidation sites excluding steroid dienone is 6. The van der Waals surface area contributed by atoms with Crippen LogP contribution in [0.1, 0.15) is 13.3 Å². The topological polar surface area (TPSA) is 22.3 Å². The van der Waals surface area contributed by atoms with Crippen molar-refractivity contribution in [2.24, 2.45) is 0 Å².